The molecule has 2 heterocycles. The zero-order chi connectivity index (χ0) is 18.8. The Kier molecular flexibility index (Phi) is 4.56. The fourth-order valence-electron chi connectivity index (χ4n) is 3.26. The van der Waals surface area contributed by atoms with Crippen molar-refractivity contribution in [3.05, 3.63) is 66.2 Å². The number of benzene rings is 2. The second kappa shape index (κ2) is 7.17. The van der Waals surface area contributed by atoms with Gasteiger partial charge < -0.3 is 14.7 Å². The second-order valence-electron chi connectivity index (χ2n) is 6.39. The van der Waals surface area contributed by atoms with E-state index in [4.69, 9.17) is 4.74 Å². The lowest BCUT2D eigenvalue weighted by molar-refractivity contribution is -0.154. The van der Waals surface area contributed by atoms with Crippen LogP contribution in [-0.2, 0) is 9.53 Å². The highest BCUT2D eigenvalue weighted by Crippen LogP contribution is 2.26. The highest BCUT2D eigenvalue weighted by molar-refractivity contribution is 6.07. The van der Waals surface area contributed by atoms with E-state index in [2.05, 4.69) is 4.98 Å². The van der Waals surface area contributed by atoms with Gasteiger partial charge in [0.25, 0.3) is 5.91 Å². The molecule has 0 bridgehead atoms. The van der Waals surface area contributed by atoms with Crippen molar-refractivity contribution in [2.45, 2.75) is 6.10 Å². The van der Waals surface area contributed by atoms with Crippen LogP contribution >= 0.6 is 0 Å². The highest BCUT2D eigenvalue weighted by Gasteiger charge is 2.30. The van der Waals surface area contributed by atoms with Gasteiger partial charge in [-0.05, 0) is 12.1 Å². The quantitative estimate of drug-likeness (QED) is 0.775. The third-order valence-corrected chi connectivity index (χ3v) is 4.65. The Hall–Kier alpha value is -3.25. The number of fused-ring (bicyclic) bond motifs is 1. The van der Waals surface area contributed by atoms with Gasteiger partial charge in [0, 0.05) is 17.5 Å². The first-order valence-electron chi connectivity index (χ1n) is 8.72. The zero-order valence-corrected chi connectivity index (χ0v) is 14.5. The molecule has 136 valence electrons. The molecular weight excluding hydrogens is 344 g/mol. The molecule has 1 N–H and O–H groups in total. The number of pyridine rings is 1. The number of morpholine rings is 1. The van der Waals surface area contributed by atoms with E-state index in [9.17, 15) is 14.7 Å². The summed E-state index contributed by atoms with van der Waals surface area (Å²) in [5.74, 6) is -1.27. The van der Waals surface area contributed by atoms with E-state index < -0.39 is 12.1 Å². The third-order valence-electron chi connectivity index (χ3n) is 4.65. The molecule has 6 heteroatoms. The average molecular weight is 362 g/mol. The molecule has 0 aliphatic carbocycles. The Bertz CT molecular complexity index is 1000. The summed E-state index contributed by atoms with van der Waals surface area (Å²) >= 11 is 0. The number of carboxylic acids is 1. The molecule has 1 saturated heterocycles. The number of hydrogen-bond acceptors (Lipinski definition) is 4. The van der Waals surface area contributed by atoms with Gasteiger partial charge in [-0.2, -0.15) is 0 Å². The van der Waals surface area contributed by atoms with Crippen molar-refractivity contribution in [2.24, 2.45) is 0 Å². The van der Waals surface area contributed by atoms with Crippen molar-refractivity contribution >= 4 is 22.8 Å². The highest BCUT2D eigenvalue weighted by atomic mass is 16.5. The predicted octanol–water partition coefficient (Wildman–Crippen LogP) is 2.83. The normalized spacial score (nSPS) is 17.0. The number of aliphatic carboxylic acids is 1. The molecule has 0 saturated carbocycles. The van der Waals surface area contributed by atoms with Crippen molar-refractivity contribution < 1.29 is 19.4 Å². The molecule has 2 aromatic carbocycles. The van der Waals surface area contributed by atoms with Crippen molar-refractivity contribution in [2.75, 3.05) is 19.7 Å². The molecule has 1 aliphatic rings. The van der Waals surface area contributed by atoms with Crippen LogP contribution in [0.5, 0.6) is 0 Å². The van der Waals surface area contributed by atoms with Crippen LogP contribution in [0, 0.1) is 0 Å². The first-order valence-corrected chi connectivity index (χ1v) is 8.72. The van der Waals surface area contributed by atoms with Gasteiger partial charge in [0.2, 0.25) is 0 Å². The Balaban J connectivity index is 1.78. The Morgan fingerprint density at radius 3 is 2.59 bits per heavy atom. The number of ether oxygens (including phenoxy) is 1. The summed E-state index contributed by atoms with van der Waals surface area (Å²) in [4.78, 5) is 30.7. The number of nitrogens with zero attached hydrogens (tertiary/aromatic N) is 2. The van der Waals surface area contributed by atoms with Crippen LogP contribution in [0.3, 0.4) is 0 Å². The smallest absolute Gasteiger partial charge is 0.334 e. The standard InChI is InChI=1S/C21H18N2O4/c24-20(23-10-11-27-19(13-23)21(25)26)16-12-18(14-6-2-1-3-7-14)22-17-9-5-4-8-15(16)17/h1-9,12,19H,10-11,13H2,(H,25,26)/t19-/m0/s1. The molecule has 1 atom stereocenters. The van der Waals surface area contributed by atoms with Gasteiger partial charge in [-0.15, -0.1) is 0 Å². The van der Waals surface area contributed by atoms with Crippen LogP contribution in [0.1, 0.15) is 10.4 Å². The van der Waals surface area contributed by atoms with E-state index in [0.717, 1.165) is 16.5 Å². The first-order chi connectivity index (χ1) is 13.1. The largest absolute Gasteiger partial charge is 0.479 e. The monoisotopic (exact) mass is 362 g/mol. The molecule has 4 rings (SSSR count). The summed E-state index contributed by atoms with van der Waals surface area (Å²) < 4.78 is 5.23. The number of hydrogen-bond donors (Lipinski definition) is 1. The average Bonchev–Trinajstić information content (AvgIpc) is 2.73. The number of amides is 1. The van der Waals surface area contributed by atoms with E-state index in [1.807, 2.05) is 54.6 Å². The van der Waals surface area contributed by atoms with E-state index >= 15 is 0 Å². The van der Waals surface area contributed by atoms with Crippen LogP contribution in [0.2, 0.25) is 0 Å². The molecule has 3 aromatic rings. The minimum absolute atomic E-state index is 0.0332. The number of para-hydroxylation sites is 1. The summed E-state index contributed by atoms with van der Waals surface area (Å²) in [6.07, 6.45) is -0.996. The third kappa shape index (κ3) is 3.39. The van der Waals surface area contributed by atoms with Crippen LogP contribution in [0.25, 0.3) is 22.2 Å². The van der Waals surface area contributed by atoms with E-state index in [1.54, 1.807) is 11.0 Å². The van der Waals surface area contributed by atoms with Gasteiger partial charge in [-0.3, -0.25) is 4.79 Å². The summed E-state index contributed by atoms with van der Waals surface area (Å²) in [5.41, 5.74) is 2.87. The molecule has 6 nitrogen and oxygen atoms in total. The lowest BCUT2D eigenvalue weighted by Gasteiger charge is -2.31. The van der Waals surface area contributed by atoms with Crippen LogP contribution < -0.4 is 0 Å². The van der Waals surface area contributed by atoms with Crippen molar-refractivity contribution in [1.29, 1.82) is 0 Å². The second-order valence-corrected chi connectivity index (χ2v) is 6.39. The van der Waals surface area contributed by atoms with E-state index in [-0.39, 0.29) is 19.1 Å². The summed E-state index contributed by atoms with van der Waals surface area (Å²) in [5, 5.41) is 9.95. The summed E-state index contributed by atoms with van der Waals surface area (Å²) in [7, 11) is 0. The zero-order valence-electron chi connectivity index (χ0n) is 14.5. The maximum atomic E-state index is 13.2. The number of carbonyl (C=O) groups is 2. The molecule has 0 radical (unpaired) electrons. The van der Waals surface area contributed by atoms with Gasteiger partial charge in [0.1, 0.15) is 0 Å². The SMILES string of the molecule is O=C(O)[C@@H]1CN(C(=O)c2cc(-c3ccccc3)nc3ccccc23)CCO1. The number of carboxylic acid groups (broad SMARTS) is 1. The molecule has 1 aliphatic heterocycles. The van der Waals surface area contributed by atoms with E-state index in [0.29, 0.717) is 17.8 Å². The lowest BCUT2D eigenvalue weighted by Crippen LogP contribution is -2.48. The molecule has 1 aromatic heterocycles. The number of rotatable bonds is 3. The lowest BCUT2D eigenvalue weighted by atomic mass is 10.0. The van der Waals surface area contributed by atoms with Gasteiger partial charge in [0.05, 0.1) is 29.9 Å². The Labute approximate surface area is 156 Å². The molecule has 1 fully saturated rings. The van der Waals surface area contributed by atoms with Crippen LogP contribution in [-0.4, -0.2) is 52.7 Å². The molecule has 0 unspecified atom stereocenters. The number of carbonyl (C=O) groups excluding carboxylic acids is 1. The molecule has 0 spiro atoms. The Morgan fingerprint density at radius 1 is 1.07 bits per heavy atom. The topological polar surface area (TPSA) is 79.7 Å². The van der Waals surface area contributed by atoms with Gasteiger partial charge >= 0.3 is 5.97 Å². The predicted molar refractivity (Wildman–Crippen MR) is 100 cm³/mol. The van der Waals surface area contributed by atoms with Crippen molar-refractivity contribution in [3.63, 3.8) is 0 Å². The van der Waals surface area contributed by atoms with Crippen LogP contribution in [0.4, 0.5) is 0 Å². The Morgan fingerprint density at radius 2 is 1.81 bits per heavy atom. The maximum Gasteiger partial charge on any atom is 0.334 e. The minimum Gasteiger partial charge on any atom is -0.479 e. The summed E-state index contributed by atoms with van der Waals surface area (Å²) in [6.45, 7) is 0.600. The van der Waals surface area contributed by atoms with Crippen molar-refractivity contribution in [3.8, 4) is 11.3 Å². The fourth-order valence-corrected chi connectivity index (χ4v) is 3.26. The fraction of sp³-hybridized carbons (Fsp3) is 0.190. The summed E-state index contributed by atoms with van der Waals surface area (Å²) in [6, 6.07) is 18.9. The van der Waals surface area contributed by atoms with E-state index in [1.165, 1.54) is 0 Å². The maximum absolute atomic E-state index is 13.2. The molecular formula is C21H18N2O4. The van der Waals surface area contributed by atoms with Crippen LogP contribution in [0.15, 0.2) is 60.7 Å². The first kappa shape index (κ1) is 17.2. The van der Waals surface area contributed by atoms with Gasteiger partial charge in [0.15, 0.2) is 6.10 Å². The van der Waals surface area contributed by atoms with Gasteiger partial charge in [-0.1, -0.05) is 48.5 Å². The van der Waals surface area contributed by atoms with Gasteiger partial charge in [-0.25, -0.2) is 9.78 Å². The number of aromatic nitrogens is 1. The molecule has 1 amide bonds. The molecule has 27 heavy (non-hydrogen) atoms. The minimum atomic E-state index is -1.06. The van der Waals surface area contributed by atoms with Crippen molar-refractivity contribution in [1.82, 2.24) is 9.88 Å².